The molecule has 0 fully saturated rings. The molecule has 1 N–H and O–H groups in total. The normalized spacial score (nSPS) is 9.86. The number of amides is 1. The summed E-state index contributed by atoms with van der Waals surface area (Å²) in [6, 6.07) is 1.80. The van der Waals surface area contributed by atoms with Gasteiger partial charge in [-0.3, -0.25) is 9.78 Å². The summed E-state index contributed by atoms with van der Waals surface area (Å²) in [6.07, 6.45) is 3.26. The smallest absolute Gasteiger partial charge is 0.252 e. The van der Waals surface area contributed by atoms with E-state index in [0.717, 1.165) is 5.56 Å². The molecule has 14 heavy (non-hydrogen) atoms. The molecule has 1 rings (SSSR count). The first kappa shape index (κ1) is 10.7. The van der Waals surface area contributed by atoms with Crippen LogP contribution < -0.4 is 5.32 Å². The highest BCUT2D eigenvalue weighted by Crippen LogP contribution is 2.00. The molecule has 0 aliphatic rings. The zero-order valence-corrected chi connectivity index (χ0v) is 8.41. The zero-order valence-electron chi connectivity index (χ0n) is 8.41. The largest absolute Gasteiger partial charge is 0.383 e. The lowest BCUT2D eigenvalue weighted by molar-refractivity contribution is 0.0936. The standard InChI is InChI=1S/C10H14N2O2/c1-8-5-9(7-11-6-8)10(13)12-3-4-14-2/h5-7H,3-4H2,1-2H3,(H,12,13). The number of aromatic nitrogens is 1. The Balaban J connectivity index is 2.52. The van der Waals surface area contributed by atoms with Gasteiger partial charge in [-0.2, -0.15) is 0 Å². The second-order valence-corrected chi connectivity index (χ2v) is 3.00. The number of aryl methyl sites for hydroxylation is 1. The summed E-state index contributed by atoms with van der Waals surface area (Å²) in [6.45, 7) is 2.94. The highest BCUT2D eigenvalue weighted by atomic mass is 16.5. The van der Waals surface area contributed by atoms with Crippen LogP contribution in [0.3, 0.4) is 0 Å². The minimum atomic E-state index is -0.113. The van der Waals surface area contributed by atoms with E-state index in [4.69, 9.17) is 4.74 Å². The molecule has 0 aliphatic carbocycles. The van der Waals surface area contributed by atoms with Crippen molar-refractivity contribution in [1.29, 1.82) is 0 Å². The number of carbonyl (C=O) groups is 1. The van der Waals surface area contributed by atoms with E-state index in [2.05, 4.69) is 10.3 Å². The van der Waals surface area contributed by atoms with Crippen LogP contribution in [0.4, 0.5) is 0 Å². The maximum Gasteiger partial charge on any atom is 0.252 e. The number of nitrogens with zero attached hydrogens (tertiary/aromatic N) is 1. The average molecular weight is 194 g/mol. The Hall–Kier alpha value is -1.42. The molecule has 1 aromatic heterocycles. The van der Waals surface area contributed by atoms with E-state index in [9.17, 15) is 4.79 Å². The lowest BCUT2D eigenvalue weighted by Gasteiger charge is -2.04. The van der Waals surface area contributed by atoms with Crippen molar-refractivity contribution in [2.75, 3.05) is 20.3 Å². The third-order valence-electron chi connectivity index (χ3n) is 1.73. The average Bonchev–Trinajstić information content (AvgIpc) is 2.18. The van der Waals surface area contributed by atoms with Crippen molar-refractivity contribution < 1.29 is 9.53 Å². The van der Waals surface area contributed by atoms with Crippen LogP contribution in [0.15, 0.2) is 18.5 Å². The molecule has 1 heterocycles. The van der Waals surface area contributed by atoms with E-state index in [1.54, 1.807) is 25.6 Å². The molecule has 0 aromatic carbocycles. The quantitative estimate of drug-likeness (QED) is 0.720. The molecule has 4 nitrogen and oxygen atoms in total. The molecule has 0 bridgehead atoms. The number of methoxy groups -OCH3 is 1. The summed E-state index contributed by atoms with van der Waals surface area (Å²) < 4.78 is 4.82. The maximum atomic E-state index is 11.5. The van der Waals surface area contributed by atoms with Gasteiger partial charge in [-0.1, -0.05) is 0 Å². The summed E-state index contributed by atoms with van der Waals surface area (Å²) in [5.74, 6) is -0.113. The Morgan fingerprint density at radius 2 is 2.36 bits per heavy atom. The maximum absolute atomic E-state index is 11.5. The van der Waals surface area contributed by atoms with Crippen LogP contribution in [0.1, 0.15) is 15.9 Å². The third kappa shape index (κ3) is 3.14. The van der Waals surface area contributed by atoms with Crippen LogP contribution >= 0.6 is 0 Å². The van der Waals surface area contributed by atoms with Crippen molar-refractivity contribution in [1.82, 2.24) is 10.3 Å². The molecule has 0 atom stereocenters. The molecule has 4 heteroatoms. The fourth-order valence-electron chi connectivity index (χ4n) is 1.05. The van der Waals surface area contributed by atoms with Crippen molar-refractivity contribution in [2.24, 2.45) is 0 Å². The van der Waals surface area contributed by atoms with Crippen LogP contribution in [-0.2, 0) is 4.74 Å². The van der Waals surface area contributed by atoms with E-state index in [0.29, 0.717) is 18.7 Å². The number of pyridine rings is 1. The molecular formula is C10H14N2O2. The van der Waals surface area contributed by atoms with Gasteiger partial charge in [0.25, 0.3) is 5.91 Å². The molecule has 1 aromatic rings. The van der Waals surface area contributed by atoms with Crippen molar-refractivity contribution in [3.05, 3.63) is 29.6 Å². The van der Waals surface area contributed by atoms with Gasteiger partial charge in [0, 0.05) is 26.0 Å². The summed E-state index contributed by atoms with van der Waals surface area (Å²) in [7, 11) is 1.60. The van der Waals surface area contributed by atoms with Crippen molar-refractivity contribution in [2.45, 2.75) is 6.92 Å². The number of nitrogens with one attached hydrogen (secondary N) is 1. The van der Waals surface area contributed by atoms with Gasteiger partial charge in [0.2, 0.25) is 0 Å². The van der Waals surface area contributed by atoms with Crippen LogP contribution in [0.25, 0.3) is 0 Å². The second-order valence-electron chi connectivity index (χ2n) is 3.00. The summed E-state index contributed by atoms with van der Waals surface area (Å²) >= 11 is 0. The first-order valence-electron chi connectivity index (χ1n) is 4.43. The van der Waals surface area contributed by atoms with Gasteiger partial charge in [-0.15, -0.1) is 0 Å². The first-order valence-corrected chi connectivity index (χ1v) is 4.43. The van der Waals surface area contributed by atoms with Gasteiger partial charge in [0.05, 0.1) is 12.2 Å². The monoisotopic (exact) mass is 194 g/mol. The zero-order chi connectivity index (χ0) is 10.4. The van der Waals surface area contributed by atoms with E-state index in [1.165, 1.54) is 0 Å². The number of hydrogen-bond donors (Lipinski definition) is 1. The Labute approximate surface area is 83.3 Å². The Morgan fingerprint density at radius 3 is 3.00 bits per heavy atom. The highest BCUT2D eigenvalue weighted by molar-refractivity contribution is 5.93. The summed E-state index contributed by atoms with van der Waals surface area (Å²) in [4.78, 5) is 15.4. The van der Waals surface area contributed by atoms with Crippen LogP contribution in [0, 0.1) is 6.92 Å². The summed E-state index contributed by atoms with van der Waals surface area (Å²) in [5.41, 5.74) is 1.56. The molecule has 0 aliphatic heterocycles. The fourth-order valence-corrected chi connectivity index (χ4v) is 1.05. The number of hydrogen-bond acceptors (Lipinski definition) is 3. The summed E-state index contributed by atoms with van der Waals surface area (Å²) in [5, 5.41) is 2.72. The number of rotatable bonds is 4. The third-order valence-corrected chi connectivity index (χ3v) is 1.73. The van der Waals surface area contributed by atoms with Gasteiger partial charge in [0.1, 0.15) is 0 Å². The van der Waals surface area contributed by atoms with Crippen molar-refractivity contribution in [3.63, 3.8) is 0 Å². The van der Waals surface area contributed by atoms with E-state index >= 15 is 0 Å². The fraction of sp³-hybridized carbons (Fsp3) is 0.400. The Morgan fingerprint density at radius 1 is 1.57 bits per heavy atom. The molecule has 0 spiro atoms. The molecule has 1 amide bonds. The van der Waals surface area contributed by atoms with Crippen molar-refractivity contribution in [3.8, 4) is 0 Å². The minimum Gasteiger partial charge on any atom is -0.383 e. The van der Waals surface area contributed by atoms with Crippen LogP contribution in [0.2, 0.25) is 0 Å². The molecular weight excluding hydrogens is 180 g/mol. The van der Waals surface area contributed by atoms with Gasteiger partial charge >= 0.3 is 0 Å². The SMILES string of the molecule is COCCNC(=O)c1cncc(C)c1. The molecule has 76 valence electrons. The lowest BCUT2D eigenvalue weighted by atomic mass is 10.2. The van der Waals surface area contributed by atoms with Crippen LogP contribution in [-0.4, -0.2) is 31.2 Å². The minimum absolute atomic E-state index is 0.113. The Kier molecular flexibility index (Phi) is 4.07. The second kappa shape index (κ2) is 5.34. The van der Waals surface area contributed by atoms with Crippen LogP contribution in [0.5, 0.6) is 0 Å². The molecule has 0 radical (unpaired) electrons. The predicted molar refractivity (Wildman–Crippen MR) is 53.2 cm³/mol. The predicted octanol–water partition coefficient (Wildman–Crippen LogP) is 0.766. The van der Waals surface area contributed by atoms with Gasteiger partial charge < -0.3 is 10.1 Å². The molecule has 0 unspecified atom stereocenters. The molecule has 0 saturated carbocycles. The first-order chi connectivity index (χ1) is 6.74. The van der Waals surface area contributed by atoms with Crippen molar-refractivity contribution >= 4 is 5.91 Å². The van der Waals surface area contributed by atoms with Gasteiger partial charge in [0.15, 0.2) is 0 Å². The highest BCUT2D eigenvalue weighted by Gasteiger charge is 2.04. The number of carbonyl (C=O) groups excluding carboxylic acids is 1. The number of ether oxygens (including phenoxy) is 1. The topological polar surface area (TPSA) is 51.2 Å². The Bertz CT molecular complexity index is 313. The molecule has 0 saturated heterocycles. The van der Waals surface area contributed by atoms with Gasteiger partial charge in [-0.05, 0) is 18.6 Å². The van der Waals surface area contributed by atoms with E-state index in [1.807, 2.05) is 6.92 Å². The van der Waals surface area contributed by atoms with E-state index < -0.39 is 0 Å². The van der Waals surface area contributed by atoms with Gasteiger partial charge in [-0.25, -0.2) is 0 Å². The lowest BCUT2D eigenvalue weighted by Crippen LogP contribution is -2.27. The van der Waals surface area contributed by atoms with E-state index in [-0.39, 0.29) is 5.91 Å².